The largest absolute Gasteiger partial charge is 0.432 e. The normalized spacial score (nSPS) is 11.9. The van der Waals surface area contributed by atoms with Crippen LogP contribution in [0.4, 0.5) is 5.69 Å². The zero-order valence-electron chi connectivity index (χ0n) is 10.6. The van der Waals surface area contributed by atoms with Crippen molar-refractivity contribution in [2.24, 2.45) is 5.73 Å². The minimum absolute atomic E-state index is 0.0387. The number of benzene rings is 1. The molecule has 0 amide bonds. The highest BCUT2D eigenvalue weighted by Gasteiger charge is 2.17. The second-order valence-electron chi connectivity index (χ2n) is 4.19. The van der Waals surface area contributed by atoms with Crippen molar-refractivity contribution in [3.63, 3.8) is 0 Å². The third kappa shape index (κ3) is 3.23. The fraction of sp³-hybridized carbons (Fsp3) is 0.154. The van der Waals surface area contributed by atoms with Gasteiger partial charge in [0.15, 0.2) is 0 Å². The van der Waals surface area contributed by atoms with Crippen LogP contribution >= 0.6 is 11.6 Å². The van der Waals surface area contributed by atoms with Crippen LogP contribution in [0, 0.1) is 10.1 Å². The SMILES string of the molecule is CC(N)c1ccnc(Oc2cc(Cl)ccc2[N+](=O)[O-])c1. The van der Waals surface area contributed by atoms with Gasteiger partial charge < -0.3 is 10.5 Å². The fourth-order valence-electron chi connectivity index (χ4n) is 1.60. The third-order valence-corrected chi connectivity index (χ3v) is 2.85. The number of pyridine rings is 1. The molecule has 0 aliphatic rings. The lowest BCUT2D eigenvalue weighted by Gasteiger charge is -2.09. The van der Waals surface area contributed by atoms with Crippen molar-refractivity contribution in [2.45, 2.75) is 13.0 Å². The van der Waals surface area contributed by atoms with Crippen LogP contribution in [0.3, 0.4) is 0 Å². The van der Waals surface area contributed by atoms with Gasteiger partial charge in [-0.05, 0) is 24.6 Å². The van der Waals surface area contributed by atoms with E-state index in [-0.39, 0.29) is 23.4 Å². The molecule has 0 bridgehead atoms. The molecule has 0 aliphatic carbocycles. The van der Waals surface area contributed by atoms with Gasteiger partial charge in [-0.2, -0.15) is 0 Å². The lowest BCUT2D eigenvalue weighted by Crippen LogP contribution is -2.05. The van der Waals surface area contributed by atoms with Crippen LogP contribution in [0.2, 0.25) is 5.02 Å². The van der Waals surface area contributed by atoms with Gasteiger partial charge in [-0.1, -0.05) is 11.6 Å². The molecule has 6 nitrogen and oxygen atoms in total. The average Bonchev–Trinajstić information content (AvgIpc) is 2.38. The maximum Gasteiger partial charge on any atom is 0.311 e. The quantitative estimate of drug-likeness (QED) is 0.688. The number of nitro groups is 1. The van der Waals surface area contributed by atoms with Gasteiger partial charge in [0.2, 0.25) is 11.6 Å². The molecule has 2 aromatic rings. The van der Waals surface area contributed by atoms with Crippen LogP contribution in [0.25, 0.3) is 0 Å². The Morgan fingerprint density at radius 2 is 2.15 bits per heavy atom. The number of nitrogens with two attached hydrogens (primary N) is 1. The van der Waals surface area contributed by atoms with E-state index in [9.17, 15) is 10.1 Å². The van der Waals surface area contributed by atoms with Crippen molar-refractivity contribution < 1.29 is 9.66 Å². The van der Waals surface area contributed by atoms with Gasteiger partial charge in [0.1, 0.15) is 0 Å². The number of hydrogen-bond acceptors (Lipinski definition) is 5. The van der Waals surface area contributed by atoms with Gasteiger partial charge in [0, 0.05) is 35.5 Å². The maximum atomic E-state index is 10.9. The summed E-state index contributed by atoms with van der Waals surface area (Å²) >= 11 is 5.83. The zero-order chi connectivity index (χ0) is 14.7. The predicted octanol–water partition coefficient (Wildman–Crippen LogP) is 3.46. The van der Waals surface area contributed by atoms with Gasteiger partial charge in [0.25, 0.3) is 0 Å². The first-order chi connectivity index (χ1) is 9.47. The molecular formula is C13H12ClN3O3. The molecule has 1 unspecified atom stereocenters. The van der Waals surface area contributed by atoms with E-state index in [0.717, 1.165) is 5.56 Å². The number of nitro benzene ring substituents is 1. The first kappa shape index (κ1) is 14.2. The highest BCUT2D eigenvalue weighted by Crippen LogP contribution is 2.33. The van der Waals surface area contributed by atoms with Gasteiger partial charge in [-0.3, -0.25) is 10.1 Å². The molecule has 0 spiro atoms. The standard InChI is InChI=1S/C13H12ClN3O3/c1-8(15)9-4-5-16-13(6-9)20-12-7-10(14)2-3-11(12)17(18)19/h2-8H,15H2,1H3. The summed E-state index contributed by atoms with van der Waals surface area (Å²) in [4.78, 5) is 14.4. The van der Waals surface area contributed by atoms with Crippen molar-refractivity contribution in [1.29, 1.82) is 0 Å². The third-order valence-electron chi connectivity index (χ3n) is 2.62. The van der Waals surface area contributed by atoms with Gasteiger partial charge in [-0.15, -0.1) is 0 Å². The van der Waals surface area contributed by atoms with Crippen LogP contribution in [0.1, 0.15) is 18.5 Å². The number of rotatable bonds is 4. The van der Waals surface area contributed by atoms with Crippen LogP contribution in [0.15, 0.2) is 36.5 Å². The van der Waals surface area contributed by atoms with E-state index in [1.807, 2.05) is 6.92 Å². The fourth-order valence-corrected chi connectivity index (χ4v) is 1.76. The molecule has 1 atom stereocenters. The lowest BCUT2D eigenvalue weighted by atomic mass is 10.1. The number of nitrogens with zero attached hydrogens (tertiary/aromatic N) is 2. The Hall–Kier alpha value is -2.18. The molecule has 1 aromatic carbocycles. The first-order valence-electron chi connectivity index (χ1n) is 5.80. The van der Waals surface area contributed by atoms with E-state index in [0.29, 0.717) is 5.02 Å². The van der Waals surface area contributed by atoms with Crippen LogP contribution in [0.5, 0.6) is 11.6 Å². The van der Waals surface area contributed by atoms with Crippen molar-refractivity contribution >= 4 is 17.3 Å². The van der Waals surface area contributed by atoms with Crippen molar-refractivity contribution in [1.82, 2.24) is 4.98 Å². The van der Waals surface area contributed by atoms with E-state index in [1.165, 1.54) is 24.4 Å². The zero-order valence-corrected chi connectivity index (χ0v) is 11.4. The number of halogens is 1. The average molecular weight is 294 g/mol. The second kappa shape index (κ2) is 5.85. The minimum Gasteiger partial charge on any atom is -0.432 e. The Morgan fingerprint density at radius 1 is 1.40 bits per heavy atom. The lowest BCUT2D eigenvalue weighted by molar-refractivity contribution is -0.385. The molecule has 1 heterocycles. The highest BCUT2D eigenvalue weighted by atomic mass is 35.5. The van der Waals surface area contributed by atoms with Gasteiger partial charge in [-0.25, -0.2) is 4.98 Å². The Balaban J connectivity index is 2.36. The van der Waals surface area contributed by atoms with Gasteiger partial charge >= 0.3 is 5.69 Å². The van der Waals surface area contributed by atoms with Gasteiger partial charge in [0.05, 0.1) is 4.92 Å². The van der Waals surface area contributed by atoms with Crippen molar-refractivity contribution in [2.75, 3.05) is 0 Å². The molecule has 1 aromatic heterocycles. The highest BCUT2D eigenvalue weighted by molar-refractivity contribution is 6.30. The molecule has 7 heteroatoms. The number of hydrogen-bond donors (Lipinski definition) is 1. The Bertz CT molecular complexity index is 647. The monoisotopic (exact) mass is 293 g/mol. The predicted molar refractivity (Wildman–Crippen MR) is 75.0 cm³/mol. The van der Waals surface area contributed by atoms with Crippen molar-refractivity contribution in [3.05, 3.63) is 57.2 Å². The Kier molecular flexibility index (Phi) is 4.16. The Labute approximate surface area is 120 Å². The van der Waals surface area contributed by atoms with Crippen LogP contribution in [-0.2, 0) is 0 Å². The molecule has 0 aliphatic heterocycles. The van der Waals surface area contributed by atoms with E-state index < -0.39 is 4.92 Å². The summed E-state index contributed by atoms with van der Waals surface area (Å²) in [7, 11) is 0. The topological polar surface area (TPSA) is 91.3 Å². The molecule has 2 rings (SSSR count). The molecule has 0 fully saturated rings. The first-order valence-corrected chi connectivity index (χ1v) is 6.18. The maximum absolute atomic E-state index is 10.9. The summed E-state index contributed by atoms with van der Waals surface area (Å²) in [6.07, 6.45) is 1.53. The molecule has 2 N–H and O–H groups in total. The van der Waals surface area contributed by atoms with E-state index in [2.05, 4.69) is 4.98 Å². The summed E-state index contributed by atoms with van der Waals surface area (Å²) in [5.41, 5.74) is 6.41. The smallest absolute Gasteiger partial charge is 0.311 e. The molecule has 20 heavy (non-hydrogen) atoms. The molecule has 0 saturated heterocycles. The summed E-state index contributed by atoms with van der Waals surface area (Å²) in [6, 6.07) is 7.29. The van der Waals surface area contributed by atoms with E-state index >= 15 is 0 Å². The van der Waals surface area contributed by atoms with Crippen molar-refractivity contribution in [3.8, 4) is 11.6 Å². The summed E-state index contributed by atoms with van der Waals surface area (Å²) in [6.45, 7) is 1.82. The Morgan fingerprint density at radius 3 is 2.80 bits per heavy atom. The molecule has 0 saturated carbocycles. The number of ether oxygens (including phenoxy) is 1. The summed E-state index contributed by atoms with van der Waals surface area (Å²) < 4.78 is 5.45. The molecule has 0 radical (unpaired) electrons. The van der Waals surface area contributed by atoms with E-state index in [4.69, 9.17) is 22.1 Å². The summed E-state index contributed by atoms with van der Waals surface area (Å²) in [5, 5.41) is 11.3. The van der Waals surface area contributed by atoms with Crippen LogP contribution < -0.4 is 10.5 Å². The minimum atomic E-state index is -0.541. The summed E-state index contributed by atoms with van der Waals surface area (Å²) in [5.74, 6) is 0.266. The second-order valence-corrected chi connectivity index (χ2v) is 4.62. The molecule has 104 valence electrons. The molecular weight excluding hydrogens is 282 g/mol. The number of aromatic nitrogens is 1. The van der Waals surface area contributed by atoms with Crippen LogP contribution in [-0.4, -0.2) is 9.91 Å². The van der Waals surface area contributed by atoms with E-state index in [1.54, 1.807) is 12.1 Å².